The summed E-state index contributed by atoms with van der Waals surface area (Å²) in [6, 6.07) is 1.95. The zero-order valence-corrected chi connectivity index (χ0v) is 12.1. The van der Waals surface area contributed by atoms with E-state index in [4.69, 9.17) is 9.15 Å². The van der Waals surface area contributed by atoms with Crippen molar-refractivity contribution in [2.45, 2.75) is 20.8 Å². The third-order valence-electron chi connectivity index (χ3n) is 3.43. The molecule has 0 aliphatic heterocycles. The van der Waals surface area contributed by atoms with Crippen LogP contribution in [0.2, 0.25) is 0 Å². The first-order valence-corrected chi connectivity index (χ1v) is 6.12. The van der Waals surface area contributed by atoms with Crippen LogP contribution in [-0.2, 0) is 9.47 Å². The van der Waals surface area contributed by atoms with Gasteiger partial charge in [0.05, 0.1) is 14.2 Å². The minimum absolute atomic E-state index is 0.119. The highest BCUT2D eigenvalue weighted by Gasteiger charge is 2.29. The van der Waals surface area contributed by atoms with E-state index in [1.54, 1.807) is 0 Å². The molecule has 0 saturated heterocycles. The lowest BCUT2D eigenvalue weighted by Gasteiger charge is -2.05. The maximum Gasteiger partial charge on any atom is 0.374 e. The van der Waals surface area contributed by atoms with Crippen molar-refractivity contribution < 1.29 is 23.5 Å². The van der Waals surface area contributed by atoms with Crippen LogP contribution in [0.3, 0.4) is 0 Å². The van der Waals surface area contributed by atoms with Gasteiger partial charge in [0, 0.05) is 5.39 Å². The molecular weight excluding hydrogens is 260 g/mol. The highest BCUT2D eigenvalue weighted by atomic mass is 16.5. The SMILES string of the molecule is COC(=O)c1oc2c(C)cc(C)c(C)c2c1C(=O)OC. The van der Waals surface area contributed by atoms with Crippen molar-refractivity contribution in [3.8, 4) is 0 Å². The molecule has 2 aromatic rings. The van der Waals surface area contributed by atoms with Crippen LogP contribution >= 0.6 is 0 Å². The summed E-state index contributed by atoms with van der Waals surface area (Å²) in [4.78, 5) is 23.8. The van der Waals surface area contributed by atoms with E-state index in [-0.39, 0.29) is 11.3 Å². The van der Waals surface area contributed by atoms with E-state index in [1.165, 1.54) is 14.2 Å². The number of aryl methyl sites for hydroxylation is 3. The summed E-state index contributed by atoms with van der Waals surface area (Å²) in [5.41, 5.74) is 3.37. The molecule has 0 fully saturated rings. The highest BCUT2D eigenvalue weighted by Crippen LogP contribution is 2.33. The number of fused-ring (bicyclic) bond motifs is 1. The standard InChI is InChI=1S/C15H16O5/c1-7-6-8(2)12-10(9(7)3)11(14(16)18-4)13(20-12)15(17)19-5/h6H,1-5H3. The van der Waals surface area contributed by atoms with Crippen molar-refractivity contribution in [3.63, 3.8) is 0 Å². The average molecular weight is 276 g/mol. The van der Waals surface area contributed by atoms with E-state index >= 15 is 0 Å². The monoisotopic (exact) mass is 276 g/mol. The van der Waals surface area contributed by atoms with E-state index in [9.17, 15) is 9.59 Å². The Balaban J connectivity index is 2.95. The van der Waals surface area contributed by atoms with Gasteiger partial charge in [-0.2, -0.15) is 0 Å². The van der Waals surface area contributed by atoms with Gasteiger partial charge in [-0.3, -0.25) is 0 Å². The fourth-order valence-corrected chi connectivity index (χ4v) is 2.30. The normalized spacial score (nSPS) is 10.7. The second kappa shape index (κ2) is 5.00. The Kier molecular flexibility index (Phi) is 3.53. The molecule has 1 aromatic carbocycles. The molecule has 0 radical (unpaired) electrons. The summed E-state index contributed by atoms with van der Waals surface area (Å²) in [5.74, 6) is -1.43. The summed E-state index contributed by atoms with van der Waals surface area (Å²) in [6.45, 7) is 5.67. The van der Waals surface area contributed by atoms with Gasteiger partial charge in [-0.15, -0.1) is 0 Å². The second-order valence-electron chi connectivity index (χ2n) is 4.63. The highest BCUT2D eigenvalue weighted by molar-refractivity contribution is 6.12. The van der Waals surface area contributed by atoms with Gasteiger partial charge in [0.1, 0.15) is 11.1 Å². The largest absolute Gasteiger partial charge is 0.465 e. The van der Waals surface area contributed by atoms with Gasteiger partial charge < -0.3 is 13.9 Å². The number of carbonyl (C=O) groups excluding carboxylic acids is 2. The Labute approximate surface area is 116 Å². The van der Waals surface area contributed by atoms with Gasteiger partial charge in [-0.1, -0.05) is 6.07 Å². The molecule has 0 amide bonds. The summed E-state index contributed by atoms with van der Waals surface area (Å²) in [5, 5.41) is 0.606. The predicted octanol–water partition coefficient (Wildman–Crippen LogP) is 2.93. The molecule has 0 N–H and O–H groups in total. The molecule has 5 nitrogen and oxygen atoms in total. The van der Waals surface area contributed by atoms with Crippen LogP contribution in [-0.4, -0.2) is 26.2 Å². The number of benzene rings is 1. The van der Waals surface area contributed by atoms with E-state index in [0.717, 1.165) is 16.7 Å². The molecule has 0 spiro atoms. The first kappa shape index (κ1) is 14.1. The van der Waals surface area contributed by atoms with E-state index in [0.29, 0.717) is 11.0 Å². The van der Waals surface area contributed by atoms with Crippen molar-refractivity contribution in [3.05, 3.63) is 34.1 Å². The number of rotatable bonds is 2. The zero-order chi connectivity index (χ0) is 15.0. The molecule has 0 aliphatic rings. The minimum atomic E-state index is -0.696. The number of esters is 2. The molecule has 1 aromatic heterocycles. The van der Waals surface area contributed by atoms with E-state index in [1.807, 2.05) is 26.8 Å². The Morgan fingerprint density at radius 3 is 2.15 bits per heavy atom. The van der Waals surface area contributed by atoms with E-state index < -0.39 is 11.9 Å². The van der Waals surface area contributed by atoms with Crippen LogP contribution in [0.1, 0.15) is 37.6 Å². The average Bonchev–Trinajstić information content (AvgIpc) is 2.84. The van der Waals surface area contributed by atoms with Crippen LogP contribution in [0, 0.1) is 20.8 Å². The number of hydrogen-bond acceptors (Lipinski definition) is 5. The Morgan fingerprint density at radius 1 is 1.00 bits per heavy atom. The molecule has 2 rings (SSSR count). The number of carbonyl (C=O) groups is 2. The van der Waals surface area contributed by atoms with Crippen LogP contribution < -0.4 is 0 Å². The lowest BCUT2D eigenvalue weighted by Crippen LogP contribution is -2.09. The number of ether oxygens (including phenoxy) is 2. The van der Waals surface area contributed by atoms with Gasteiger partial charge in [0.25, 0.3) is 0 Å². The third-order valence-corrected chi connectivity index (χ3v) is 3.43. The Morgan fingerprint density at radius 2 is 1.60 bits per heavy atom. The Hall–Kier alpha value is -2.30. The van der Waals surface area contributed by atoms with Crippen LogP contribution in [0.15, 0.2) is 10.5 Å². The van der Waals surface area contributed by atoms with Crippen molar-refractivity contribution in [1.29, 1.82) is 0 Å². The fraction of sp³-hybridized carbons (Fsp3) is 0.333. The lowest BCUT2D eigenvalue weighted by atomic mass is 9.98. The van der Waals surface area contributed by atoms with Crippen molar-refractivity contribution in [2.24, 2.45) is 0 Å². The van der Waals surface area contributed by atoms with Gasteiger partial charge in [-0.25, -0.2) is 9.59 Å². The maximum atomic E-state index is 12.0. The fourth-order valence-electron chi connectivity index (χ4n) is 2.30. The zero-order valence-electron chi connectivity index (χ0n) is 12.1. The lowest BCUT2D eigenvalue weighted by molar-refractivity contribution is 0.0531. The Bertz CT molecular complexity index is 709. The number of hydrogen-bond donors (Lipinski definition) is 0. The second-order valence-corrected chi connectivity index (χ2v) is 4.63. The molecular formula is C15H16O5. The topological polar surface area (TPSA) is 65.7 Å². The molecule has 1 heterocycles. The van der Waals surface area contributed by atoms with Crippen LogP contribution in [0.4, 0.5) is 0 Å². The first-order valence-electron chi connectivity index (χ1n) is 6.12. The summed E-state index contributed by atoms with van der Waals surface area (Å²) >= 11 is 0. The van der Waals surface area contributed by atoms with E-state index in [2.05, 4.69) is 4.74 Å². The van der Waals surface area contributed by atoms with Crippen molar-refractivity contribution in [1.82, 2.24) is 0 Å². The molecule has 5 heteroatoms. The first-order chi connectivity index (χ1) is 9.42. The smallest absolute Gasteiger partial charge is 0.374 e. The molecule has 106 valence electrons. The molecule has 0 atom stereocenters. The molecule has 0 aliphatic carbocycles. The van der Waals surface area contributed by atoms with Crippen LogP contribution in [0.5, 0.6) is 0 Å². The quantitative estimate of drug-likeness (QED) is 0.789. The summed E-state index contributed by atoms with van der Waals surface area (Å²) < 4.78 is 15.0. The summed E-state index contributed by atoms with van der Waals surface area (Å²) in [7, 11) is 2.50. The third kappa shape index (κ3) is 1.95. The van der Waals surface area contributed by atoms with Crippen molar-refractivity contribution >= 4 is 22.9 Å². The molecule has 20 heavy (non-hydrogen) atoms. The maximum absolute atomic E-state index is 12.0. The number of methoxy groups -OCH3 is 2. The molecule has 0 saturated carbocycles. The van der Waals surface area contributed by atoms with Gasteiger partial charge >= 0.3 is 11.9 Å². The number of furan rings is 1. The van der Waals surface area contributed by atoms with Gasteiger partial charge in [0.2, 0.25) is 5.76 Å². The van der Waals surface area contributed by atoms with Gasteiger partial charge in [0.15, 0.2) is 0 Å². The van der Waals surface area contributed by atoms with Crippen molar-refractivity contribution in [2.75, 3.05) is 14.2 Å². The predicted molar refractivity (Wildman–Crippen MR) is 73.1 cm³/mol. The molecule has 0 bridgehead atoms. The molecule has 0 unspecified atom stereocenters. The minimum Gasteiger partial charge on any atom is -0.465 e. The summed E-state index contributed by atoms with van der Waals surface area (Å²) in [6.07, 6.45) is 0. The van der Waals surface area contributed by atoms with Crippen LogP contribution in [0.25, 0.3) is 11.0 Å². The van der Waals surface area contributed by atoms with Gasteiger partial charge in [-0.05, 0) is 37.5 Å².